The summed E-state index contributed by atoms with van der Waals surface area (Å²) in [5, 5.41) is 3.49. The summed E-state index contributed by atoms with van der Waals surface area (Å²) in [5.41, 5.74) is 0.981. The molecule has 0 bridgehead atoms. The van der Waals surface area contributed by atoms with Crippen LogP contribution >= 0.6 is 23.2 Å². The predicted molar refractivity (Wildman–Crippen MR) is 131 cm³/mol. The van der Waals surface area contributed by atoms with Gasteiger partial charge in [0, 0.05) is 23.8 Å². The Balaban J connectivity index is 1.80. The van der Waals surface area contributed by atoms with Crippen molar-refractivity contribution in [2.75, 3.05) is 5.32 Å². The minimum Gasteiger partial charge on any atom is -0.460 e. The van der Waals surface area contributed by atoms with Gasteiger partial charge in [-0.15, -0.1) is 0 Å². The van der Waals surface area contributed by atoms with Crippen molar-refractivity contribution in [2.45, 2.75) is 70.3 Å². The zero-order chi connectivity index (χ0) is 25.1. The molecule has 1 aliphatic rings. The third kappa shape index (κ3) is 6.92. The highest BCUT2D eigenvalue weighted by Crippen LogP contribution is 2.48. The first-order valence-electron chi connectivity index (χ1n) is 11.3. The molecule has 0 aromatic heterocycles. The van der Waals surface area contributed by atoms with Gasteiger partial charge >= 0.3 is 5.97 Å². The summed E-state index contributed by atoms with van der Waals surface area (Å²) in [4.78, 5) is 25.4. The molecular weight excluding hydrogens is 483 g/mol. The van der Waals surface area contributed by atoms with Crippen LogP contribution in [-0.2, 0) is 20.7 Å². The number of esters is 1. The summed E-state index contributed by atoms with van der Waals surface area (Å²) >= 11 is 12.3. The minimum absolute atomic E-state index is 0.161. The Kier molecular flexibility index (Phi) is 8.25. The largest absolute Gasteiger partial charge is 0.460 e. The number of aryl methyl sites for hydroxylation is 1. The number of alkyl halides is 2. The predicted octanol–water partition coefficient (Wildman–Crippen LogP) is 7.43. The molecule has 1 amide bonds. The summed E-state index contributed by atoms with van der Waals surface area (Å²) in [6, 6.07) is 11.4. The van der Waals surface area contributed by atoms with E-state index >= 15 is 0 Å². The average molecular weight is 512 g/mol. The number of anilines is 1. The molecule has 1 fully saturated rings. The molecular formula is C26H29Cl2F2NO3. The number of carbonyl (C=O) groups excluding carboxylic acids is 2. The van der Waals surface area contributed by atoms with Crippen LogP contribution in [-0.4, -0.2) is 23.4 Å². The maximum Gasteiger partial charge on any atom is 0.306 e. The lowest BCUT2D eigenvalue weighted by Gasteiger charge is -2.28. The fraction of sp³-hybridized carbons (Fsp3) is 0.462. The van der Waals surface area contributed by atoms with Gasteiger partial charge in [0.2, 0.25) is 5.91 Å². The first kappa shape index (κ1) is 26.4. The first-order valence-corrected chi connectivity index (χ1v) is 12.1. The van der Waals surface area contributed by atoms with E-state index in [-0.39, 0.29) is 30.3 Å². The zero-order valence-electron chi connectivity index (χ0n) is 19.5. The quantitative estimate of drug-likeness (QED) is 0.393. The van der Waals surface area contributed by atoms with Crippen LogP contribution in [0.1, 0.15) is 63.5 Å². The van der Waals surface area contributed by atoms with Gasteiger partial charge in [-0.25, -0.2) is 8.78 Å². The van der Waals surface area contributed by atoms with Crippen molar-refractivity contribution in [3.63, 3.8) is 0 Å². The van der Waals surface area contributed by atoms with E-state index in [0.717, 1.165) is 5.56 Å². The number of halogens is 4. The van der Waals surface area contributed by atoms with Crippen LogP contribution in [0.4, 0.5) is 14.5 Å². The Hall–Kier alpha value is -2.18. The minimum atomic E-state index is -2.94. The van der Waals surface area contributed by atoms with Crippen LogP contribution in [0.2, 0.25) is 10.0 Å². The van der Waals surface area contributed by atoms with Gasteiger partial charge in [0.05, 0.1) is 16.6 Å². The van der Waals surface area contributed by atoms with Crippen LogP contribution in [0, 0.1) is 5.92 Å². The Bertz CT molecular complexity index is 1040. The molecule has 2 atom stereocenters. The highest BCUT2D eigenvalue weighted by atomic mass is 35.5. The van der Waals surface area contributed by atoms with Gasteiger partial charge in [0.1, 0.15) is 5.60 Å². The maximum absolute atomic E-state index is 14.7. The number of ether oxygens (including phenoxy) is 1. The third-order valence-electron chi connectivity index (χ3n) is 5.81. The van der Waals surface area contributed by atoms with Crippen LogP contribution in [0.3, 0.4) is 0 Å². The molecule has 0 radical (unpaired) electrons. The number of nitrogens with one attached hydrogen (secondary N) is 1. The summed E-state index contributed by atoms with van der Waals surface area (Å²) in [6.45, 7) is 5.39. The van der Waals surface area contributed by atoms with Gasteiger partial charge in [-0.3, -0.25) is 9.59 Å². The lowest BCUT2D eigenvalue weighted by molar-refractivity contribution is -0.154. The number of rotatable bonds is 7. The molecule has 34 heavy (non-hydrogen) atoms. The van der Waals surface area contributed by atoms with E-state index in [1.807, 2.05) is 0 Å². The van der Waals surface area contributed by atoms with E-state index in [4.69, 9.17) is 27.9 Å². The molecule has 2 unspecified atom stereocenters. The van der Waals surface area contributed by atoms with E-state index in [9.17, 15) is 18.4 Å². The molecule has 8 heteroatoms. The first-order chi connectivity index (χ1) is 15.9. The average Bonchev–Trinajstić information content (AvgIpc) is 3.07. The molecule has 4 nitrogen and oxygen atoms in total. The second-order valence-electron chi connectivity index (χ2n) is 9.68. The van der Waals surface area contributed by atoms with E-state index in [2.05, 4.69) is 5.32 Å². The third-order valence-corrected chi connectivity index (χ3v) is 6.39. The molecule has 0 aliphatic heterocycles. The lowest BCUT2D eigenvalue weighted by Crippen LogP contribution is -2.35. The number of hydrogen-bond donors (Lipinski definition) is 1. The van der Waals surface area contributed by atoms with Crippen molar-refractivity contribution in [2.24, 2.45) is 5.92 Å². The van der Waals surface area contributed by atoms with E-state index < -0.39 is 29.3 Å². The fourth-order valence-electron chi connectivity index (χ4n) is 4.27. The topological polar surface area (TPSA) is 55.4 Å². The monoisotopic (exact) mass is 511 g/mol. The van der Waals surface area contributed by atoms with Gasteiger partial charge < -0.3 is 10.1 Å². The zero-order valence-corrected chi connectivity index (χ0v) is 21.0. The number of hydrogen-bond acceptors (Lipinski definition) is 3. The van der Waals surface area contributed by atoms with E-state index in [1.54, 1.807) is 63.2 Å². The normalized spacial score (nSPS) is 18.4. The van der Waals surface area contributed by atoms with E-state index in [0.29, 0.717) is 29.1 Å². The summed E-state index contributed by atoms with van der Waals surface area (Å²) < 4.78 is 34.7. The second-order valence-corrected chi connectivity index (χ2v) is 10.5. The molecule has 0 spiro atoms. The van der Waals surface area contributed by atoms with Gasteiger partial charge in [-0.1, -0.05) is 41.4 Å². The number of amides is 1. The molecule has 2 aromatic rings. The van der Waals surface area contributed by atoms with Crippen molar-refractivity contribution in [1.29, 1.82) is 0 Å². The van der Waals surface area contributed by atoms with E-state index in [1.165, 1.54) is 0 Å². The summed E-state index contributed by atoms with van der Waals surface area (Å²) in [7, 11) is 0. The summed E-state index contributed by atoms with van der Waals surface area (Å²) in [5.74, 6) is -6.01. The molecule has 3 rings (SSSR count). The van der Waals surface area contributed by atoms with Crippen molar-refractivity contribution in [3.05, 3.63) is 63.6 Å². The molecule has 1 N–H and O–H groups in total. The Morgan fingerprint density at radius 2 is 1.82 bits per heavy atom. The Morgan fingerprint density at radius 3 is 2.41 bits per heavy atom. The fourth-order valence-corrected chi connectivity index (χ4v) is 4.57. The van der Waals surface area contributed by atoms with Crippen LogP contribution in [0.15, 0.2) is 42.5 Å². The van der Waals surface area contributed by atoms with Gasteiger partial charge in [0.15, 0.2) is 0 Å². The van der Waals surface area contributed by atoms with Gasteiger partial charge in [0.25, 0.3) is 5.92 Å². The molecule has 1 aliphatic carbocycles. The van der Waals surface area contributed by atoms with Crippen molar-refractivity contribution in [1.82, 2.24) is 0 Å². The van der Waals surface area contributed by atoms with Gasteiger partial charge in [-0.2, -0.15) is 0 Å². The smallest absolute Gasteiger partial charge is 0.306 e. The Labute approximate surface area is 209 Å². The molecule has 0 saturated heterocycles. The van der Waals surface area contributed by atoms with Crippen LogP contribution in [0.5, 0.6) is 0 Å². The molecule has 1 saturated carbocycles. The Morgan fingerprint density at radius 1 is 1.15 bits per heavy atom. The lowest BCUT2D eigenvalue weighted by atomic mass is 9.82. The van der Waals surface area contributed by atoms with Crippen LogP contribution in [0.25, 0.3) is 0 Å². The van der Waals surface area contributed by atoms with Crippen molar-refractivity contribution in [3.8, 4) is 0 Å². The van der Waals surface area contributed by atoms with Crippen molar-refractivity contribution < 1.29 is 23.1 Å². The second kappa shape index (κ2) is 10.6. The highest BCUT2D eigenvalue weighted by Gasteiger charge is 2.50. The highest BCUT2D eigenvalue weighted by molar-refractivity contribution is 6.33. The number of carbonyl (C=O) groups is 2. The maximum atomic E-state index is 14.7. The van der Waals surface area contributed by atoms with Gasteiger partial charge in [-0.05, 0) is 75.4 Å². The molecule has 2 aromatic carbocycles. The SMILES string of the molecule is CC(C)(C)OC(=O)CCc1ccc(Cl)c(NC(=O)C(c2ccc(Cl)cc2)C2CCCC2(F)F)c1. The standard InChI is InChI=1S/C26H29Cl2F2NO3/c1-25(2,3)34-22(32)13-7-16-6-12-20(28)21(15-16)31-24(33)23(17-8-10-18(27)11-9-17)19-5-4-14-26(19,29)30/h6,8-12,15,19,23H,4-5,7,13-14H2,1-3H3,(H,31,33). The molecule has 184 valence electrons. The van der Waals surface area contributed by atoms with Crippen molar-refractivity contribution >= 4 is 40.8 Å². The number of benzene rings is 2. The molecule has 0 heterocycles. The van der Waals surface area contributed by atoms with Crippen LogP contribution < -0.4 is 5.32 Å². The summed E-state index contributed by atoms with van der Waals surface area (Å²) in [6.07, 6.45) is 0.910.